The van der Waals surface area contributed by atoms with Crippen LogP contribution in [0.15, 0.2) is 78.9 Å². The summed E-state index contributed by atoms with van der Waals surface area (Å²) in [6.07, 6.45) is 6.20. The SMILES string of the molecule is Cc1ccc(CC(=O)N(Cc2ccc(Cl)cc2)C(Cc2ccccc2)C(=O)NC2CCCCC2)cc1. The number of nitrogens with one attached hydrogen (secondary N) is 1. The van der Waals surface area contributed by atoms with Crippen LogP contribution in [0.25, 0.3) is 0 Å². The van der Waals surface area contributed by atoms with Crippen LogP contribution < -0.4 is 5.32 Å². The average Bonchev–Trinajstić information content (AvgIpc) is 2.89. The molecular formula is C31H35ClN2O2. The Labute approximate surface area is 219 Å². The van der Waals surface area contributed by atoms with Crippen molar-refractivity contribution in [3.05, 3.63) is 106 Å². The highest BCUT2D eigenvalue weighted by atomic mass is 35.5. The first-order valence-electron chi connectivity index (χ1n) is 12.9. The number of benzene rings is 3. The Kier molecular flexibility index (Phi) is 9.18. The Morgan fingerprint density at radius 1 is 0.861 bits per heavy atom. The normalized spacial score (nSPS) is 14.7. The molecule has 0 spiro atoms. The first kappa shape index (κ1) is 26.0. The molecule has 1 N–H and O–H groups in total. The molecule has 36 heavy (non-hydrogen) atoms. The van der Waals surface area contributed by atoms with E-state index in [2.05, 4.69) is 5.32 Å². The second kappa shape index (κ2) is 12.7. The fraction of sp³-hybridized carbons (Fsp3) is 0.355. The van der Waals surface area contributed by atoms with Gasteiger partial charge in [-0.25, -0.2) is 0 Å². The molecule has 0 bridgehead atoms. The lowest BCUT2D eigenvalue weighted by Gasteiger charge is -2.33. The summed E-state index contributed by atoms with van der Waals surface area (Å²) in [6, 6.07) is 25.0. The zero-order chi connectivity index (χ0) is 25.3. The molecule has 0 aliphatic heterocycles. The number of halogens is 1. The van der Waals surface area contributed by atoms with Gasteiger partial charge in [-0.15, -0.1) is 0 Å². The van der Waals surface area contributed by atoms with Crippen LogP contribution in [-0.2, 0) is 29.0 Å². The van der Waals surface area contributed by atoms with Crippen molar-refractivity contribution in [1.82, 2.24) is 10.2 Å². The molecule has 5 heteroatoms. The van der Waals surface area contributed by atoms with Crippen LogP contribution in [0, 0.1) is 6.92 Å². The van der Waals surface area contributed by atoms with Crippen LogP contribution >= 0.6 is 11.6 Å². The maximum Gasteiger partial charge on any atom is 0.243 e. The summed E-state index contributed by atoms with van der Waals surface area (Å²) in [5.41, 5.74) is 4.07. The fourth-order valence-corrected chi connectivity index (χ4v) is 4.99. The average molecular weight is 503 g/mol. The highest BCUT2D eigenvalue weighted by Crippen LogP contribution is 2.21. The van der Waals surface area contributed by atoms with Crippen LogP contribution in [0.1, 0.15) is 54.4 Å². The standard InChI is InChI=1S/C31H35ClN2O2/c1-23-12-14-25(15-13-23)21-30(35)34(22-26-16-18-27(32)19-17-26)29(20-24-8-4-2-5-9-24)31(36)33-28-10-6-3-7-11-28/h2,4-5,8-9,12-19,28-29H,3,6-7,10-11,20-22H2,1H3,(H,33,36). The summed E-state index contributed by atoms with van der Waals surface area (Å²) in [5, 5.41) is 3.93. The number of carbonyl (C=O) groups excluding carboxylic acids is 2. The van der Waals surface area contributed by atoms with E-state index in [1.807, 2.05) is 85.8 Å². The number of carbonyl (C=O) groups is 2. The van der Waals surface area contributed by atoms with Gasteiger partial charge in [-0.3, -0.25) is 9.59 Å². The van der Waals surface area contributed by atoms with E-state index in [0.717, 1.165) is 47.9 Å². The van der Waals surface area contributed by atoms with Gasteiger partial charge in [0.1, 0.15) is 6.04 Å². The van der Waals surface area contributed by atoms with Crippen molar-refractivity contribution in [2.75, 3.05) is 0 Å². The minimum atomic E-state index is -0.608. The zero-order valence-corrected chi connectivity index (χ0v) is 21.7. The smallest absolute Gasteiger partial charge is 0.243 e. The Morgan fingerprint density at radius 2 is 1.50 bits per heavy atom. The van der Waals surface area contributed by atoms with Crippen LogP contribution in [-0.4, -0.2) is 28.8 Å². The molecule has 0 radical (unpaired) electrons. The van der Waals surface area contributed by atoms with Crippen molar-refractivity contribution in [1.29, 1.82) is 0 Å². The van der Waals surface area contributed by atoms with Crippen molar-refractivity contribution in [3.8, 4) is 0 Å². The molecule has 3 aromatic carbocycles. The summed E-state index contributed by atoms with van der Waals surface area (Å²) in [5.74, 6) is -0.134. The van der Waals surface area contributed by atoms with Gasteiger partial charge in [0.25, 0.3) is 0 Å². The molecule has 188 valence electrons. The first-order chi connectivity index (χ1) is 17.5. The molecule has 3 aromatic rings. The molecule has 1 aliphatic rings. The van der Waals surface area contributed by atoms with Crippen LogP contribution in [0.3, 0.4) is 0 Å². The number of rotatable bonds is 9. The van der Waals surface area contributed by atoms with Gasteiger partial charge in [-0.2, -0.15) is 0 Å². The number of hydrogen-bond acceptors (Lipinski definition) is 2. The van der Waals surface area contributed by atoms with E-state index in [1.165, 1.54) is 6.42 Å². The van der Waals surface area contributed by atoms with Gasteiger partial charge in [0, 0.05) is 24.0 Å². The van der Waals surface area contributed by atoms with Crippen molar-refractivity contribution in [2.24, 2.45) is 0 Å². The minimum absolute atomic E-state index is 0.0615. The van der Waals surface area contributed by atoms with Gasteiger partial charge >= 0.3 is 0 Å². The number of aryl methyl sites for hydroxylation is 1. The van der Waals surface area contributed by atoms with E-state index in [-0.39, 0.29) is 24.3 Å². The maximum absolute atomic E-state index is 13.8. The minimum Gasteiger partial charge on any atom is -0.352 e. The molecule has 0 aromatic heterocycles. The van der Waals surface area contributed by atoms with Crippen molar-refractivity contribution in [3.63, 3.8) is 0 Å². The van der Waals surface area contributed by atoms with Crippen molar-refractivity contribution < 1.29 is 9.59 Å². The molecule has 0 saturated heterocycles. The number of hydrogen-bond donors (Lipinski definition) is 1. The lowest BCUT2D eigenvalue weighted by Crippen LogP contribution is -2.53. The monoisotopic (exact) mass is 502 g/mol. The molecule has 2 amide bonds. The third-order valence-electron chi connectivity index (χ3n) is 6.96. The second-order valence-corrected chi connectivity index (χ2v) is 10.3. The summed E-state index contributed by atoms with van der Waals surface area (Å²) >= 11 is 6.11. The van der Waals surface area contributed by atoms with Gasteiger partial charge in [-0.1, -0.05) is 103 Å². The number of amides is 2. The van der Waals surface area contributed by atoms with Crippen LogP contribution in [0.2, 0.25) is 5.02 Å². The van der Waals surface area contributed by atoms with E-state index in [0.29, 0.717) is 18.0 Å². The molecule has 0 heterocycles. The lowest BCUT2D eigenvalue weighted by atomic mass is 9.94. The first-order valence-corrected chi connectivity index (χ1v) is 13.3. The fourth-order valence-electron chi connectivity index (χ4n) is 4.87. The van der Waals surface area contributed by atoms with Crippen molar-refractivity contribution >= 4 is 23.4 Å². The summed E-state index contributed by atoms with van der Waals surface area (Å²) < 4.78 is 0. The summed E-state index contributed by atoms with van der Waals surface area (Å²) in [7, 11) is 0. The molecule has 1 saturated carbocycles. The maximum atomic E-state index is 13.8. The Bertz CT molecular complexity index is 1120. The Balaban J connectivity index is 1.64. The molecule has 1 aliphatic carbocycles. The highest BCUT2D eigenvalue weighted by Gasteiger charge is 2.31. The molecule has 1 atom stereocenters. The van der Waals surface area contributed by atoms with E-state index < -0.39 is 6.04 Å². The molecule has 4 rings (SSSR count). The Morgan fingerprint density at radius 3 is 2.17 bits per heavy atom. The largest absolute Gasteiger partial charge is 0.352 e. The second-order valence-electron chi connectivity index (χ2n) is 9.86. The van der Waals surface area contributed by atoms with Gasteiger partial charge in [-0.05, 0) is 48.6 Å². The quantitative estimate of drug-likeness (QED) is 0.374. The summed E-state index contributed by atoms with van der Waals surface area (Å²) in [4.78, 5) is 29.4. The number of nitrogens with zero attached hydrogens (tertiary/aromatic N) is 1. The van der Waals surface area contributed by atoms with E-state index >= 15 is 0 Å². The molecule has 4 nitrogen and oxygen atoms in total. The lowest BCUT2D eigenvalue weighted by molar-refractivity contribution is -0.141. The van der Waals surface area contributed by atoms with E-state index in [4.69, 9.17) is 11.6 Å². The predicted octanol–water partition coefficient (Wildman–Crippen LogP) is 6.28. The van der Waals surface area contributed by atoms with E-state index in [9.17, 15) is 9.59 Å². The van der Waals surface area contributed by atoms with Crippen LogP contribution in [0.5, 0.6) is 0 Å². The summed E-state index contributed by atoms with van der Waals surface area (Å²) in [6.45, 7) is 2.38. The topological polar surface area (TPSA) is 49.4 Å². The van der Waals surface area contributed by atoms with Crippen molar-refractivity contribution in [2.45, 2.75) is 70.5 Å². The highest BCUT2D eigenvalue weighted by molar-refractivity contribution is 6.30. The van der Waals surface area contributed by atoms with Gasteiger partial charge in [0.15, 0.2) is 0 Å². The van der Waals surface area contributed by atoms with Gasteiger partial charge in [0.05, 0.1) is 6.42 Å². The van der Waals surface area contributed by atoms with Crippen LogP contribution in [0.4, 0.5) is 0 Å². The third-order valence-corrected chi connectivity index (χ3v) is 7.22. The third kappa shape index (κ3) is 7.44. The zero-order valence-electron chi connectivity index (χ0n) is 21.0. The van der Waals surface area contributed by atoms with E-state index in [1.54, 1.807) is 4.90 Å². The van der Waals surface area contributed by atoms with Gasteiger partial charge < -0.3 is 10.2 Å². The molecule has 1 fully saturated rings. The molecule has 1 unspecified atom stereocenters. The van der Waals surface area contributed by atoms with Gasteiger partial charge in [0.2, 0.25) is 11.8 Å². The Hall–Kier alpha value is -3.11. The predicted molar refractivity (Wildman–Crippen MR) is 146 cm³/mol. The molecular weight excluding hydrogens is 468 g/mol.